The minimum atomic E-state index is -3.58. The molecule has 2 N–H and O–H groups in total. The highest BCUT2D eigenvalue weighted by atomic mass is 32.2. The van der Waals surface area contributed by atoms with Gasteiger partial charge in [0.15, 0.2) is 0 Å². The lowest BCUT2D eigenvalue weighted by Crippen LogP contribution is -2.47. The molecule has 2 aliphatic rings. The van der Waals surface area contributed by atoms with Crippen LogP contribution < -0.4 is 5.32 Å². The second kappa shape index (κ2) is 5.51. The molecule has 0 saturated carbocycles. The Morgan fingerprint density at radius 2 is 1.86 bits per heavy atom. The summed E-state index contributed by atoms with van der Waals surface area (Å²) in [6, 6.07) is -0.200. The summed E-state index contributed by atoms with van der Waals surface area (Å²) in [6.07, 6.45) is 4.99. The summed E-state index contributed by atoms with van der Waals surface area (Å²) >= 11 is 0. The van der Waals surface area contributed by atoms with Crippen molar-refractivity contribution in [3.63, 3.8) is 0 Å². The van der Waals surface area contributed by atoms with Gasteiger partial charge in [0, 0.05) is 18.6 Å². The third kappa shape index (κ3) is 2.63. The predicted octanol–water partition coefficient (Wildman–Crippen LogP) is 0.585. The normalized spacial score (nSPS) is 29.5. The molecule has 2 bridgehead atoms. The Balaban J connectivity index is 1.87. The smallest absolute Gasteiger partial charge is 0.246 e. The van der Waals surface area contributed by atoms with Crippen LogP contribution in [0.3, 0.4) is 0 Å². The summed E-state index contributed by atoms with van der Waals surface area (Å²) in [4.78, 5) is 8.20. The first-order valence-corrected chi connectivity index (χ1v) is 8.74. The van der Waals surface area contributed by atoms with E-state index in [1.807, 2.05) is 6.92 Å². The van der Waals surface area contributed by atoms with E-state index in [1.165, 1.54) is 12.4 Å². The summed E-state index contributed by atoms with van der Waals surface area (Å²) in [6.45, 7) is 2.60. The van der Waals surface area contributed by atoms with Crippen molar-refractivity contribution >= 4 is 16.0 Å². The second-order valence-electron chi connectivity index (χ2n) is 5.62. The summed E-state index contributed by atoms with van der Waals surface area (Å²) in [5.74, 6) is 0.425. The maximum Gasteiger partial charge on any atom is 0.246 e. The number of nitrogens with zero attached hydrogens (tertiary/aromatic N) is 3. The Hall–Kier alpha value is -1.25. The fourth-order valence-electron chi connectivity index (χ4n) is 3.32. The van der Waals surface area contributed by atoms with Crippen LogP contribution >= 0.6 is 0 Å². The van der Waals surface area contributed by atoms with E-state index in [1.54, 1.807) is 4.31 Å². The maximum absolute atomic E-state index is 12.8. The Morgan fingerprint density at radius 3 is 2.38 bits per heavy atom. The molecule has 3 heterocycles. The monoisotopic (exact) mass is 312 g/mol. The summed E-state index contributed by atoms with van der Waals surface area (Å²) in [5, 5.41) is 12.7. The number of aliphatic hydroxyl groups excluding tert-OH is 1. The maximum atomic E-state index is 12.8. The number of piperidine rings is 1. The fourth-order valence-corrected chi connectivity index (χ4v) is 5.10. The zero-order chi connectivity index (χ0) is 15.0. The molecular formula is C13H20N4O3S. The van der Waals surface area contributed by atoms with Crippen LogP contribution in [0.25, 0.3) is 0 Å². The average molecular weight is 312 g/mol. The molecule has 1 aromatic heterocycles. The number of sulfonamides is 1. The molecule has 0 amide bonds. The zero-order valence-corrected chi connectivity index (χ0v) is 12.8. The van der Waals surface area contributed by atoms with Gasteiger partial charge in [-0.05, 0) is 32.6 Å². The number of fused-ring (bicyclic) bond motifs is 2. The van der Waals surface area contributed by atoms with Crippen molar-refractivity contribution < 1.29 is 13.5 Å². The minimum absolute atomic E-state index is 0.0998. The highest BCUT2D eigenvalue weighted by Crippen LogP contribution is 2.39. The van der Waals surface area contributed by atoms with Gasteiger partial charge in [0.25, 0.3) is 0 Å². The molecule has 0 radical (unpaired) electrons. The second-order valence-corrected chi connectivity index (χ2v) is 7.46. The highest BCUT2D eigenvalue weighted by Gasteiger charge is 2.47. The van der Waals surface area contributed by atoms with E-state index in [9.17, 15) is 13.5 Å². The molecule has 0 aliphatic carbocycles. The van der Waals surface area contributed by atoms with E-state index in [-0.39, 0.29) is 23.1 Å². The lowest BCUT2D eigenvalue weighted by Gasteiger charge is -2.35. The van der Waals surface area contributed by atoms with Crippen LogP contribution in [0.5, 0.6) is 0 Å². The standard InChI is InChI=1S/C13H20N4O3S/c1-2-14-13-15-7-12(8-16-13)21(19,20)17-9-3-4-10(17)6-11(18)5-9/h7-11,18H,2-6H2,1H3,(H,14,15,16). The Bertz CT molecular complexity index is 590. The summed E-state index contributed by atoms with van der Waals surface area (Å²) < 4.78 is 27.1. The van der Waals surface area contributed by atoms with Gasteiger partial charge in [-0.15, -0.1) is 0 Å². The van der Waals surface area contributed by atoms with Gasteiger partial charge >= 0.3 is 0 Å². The Morgan fingerprint density at radius 1 is 1.29 bits per heavy atom. The predicted molar refractivity (Wildman–Crippen MR) is 77.3 cm³/mol. The minimum Gasteiger partial charge on any atom is -0.393 e. The third-order valence-electron chi connectivity index (χ3n) is 4.18. The summed E-state index contributed by atoms with van der Waals surface area (Å²) in [5.41, 5.74) is 0. The molecule has 3 rings (SSSR count). The van der Waals surface area contributed by atoms with E-state index in [2.05, 4.69) is 15.3 Å². The number of nitrogens with one attached hydrogen (secondary N) is 1. The molecule has 0 aromatic carbocycles. The van der Waals surface area contributed by atoms with E-state index in [0.29, 0.717) is 25.3 Å². The van der Waals surface area contributed by atoms with Crippen molar-refractivity contribution in [2.24, 2.45) is 0 Å². The first-order chi connectivity index (χ1) is 10.0. The largest absolute Gasteiger partial charge is 0.393 e. The molecule has 2 aliphatic heterocycles. The van der Waals surface area contributed by atoms with Crippen LogP contribution in [-0.2, 0) is 10.0 Å². The Labute approximate surface area is 124 Å². The van der Waals surface area contributed by atoms with Gasteiger partial charge in [-0.2, -0.15) is 4.31 Å². The molecule has 2 fully saturated rings. The van der Waals surface area contributed by atoms with Crippen molar-refractivity contribution in [2.75, 3.05) is 11.9 Å². The van der Waals surface area contributed by atoms with Gasteiger partial charge in [-0.25, -0.2) is 18.4 Å². The van der Waals surface area contributed by atoms with E-state index in [0.717, 1.165) is 12.8 Å². The highest BCUT2D eigenvalue weighted by molar-refractivity contribution is 7.89. The van der Waals surface area contributed by atoms with Gasteiger partial charge in [-0.3, -0.25) is 0 Å². The van der Waals surface area contributed by atoms with Crippen molar-refractivity contribution in [3.8, 4) is 0 Å². The van der Waals surface area contributed by atoms with Crippen LogP contribution in [0.1, 0.15) is 32.6 Å². The van der Waals surface area contributed by atoms with Gasteiger partial charge < -0.3 is 10.4 Å². The van der Waals surface area contributed by atoms with Crippen molar-refractivity contribution in [2.45, 2.75) is 55.7 Å². The molecule has 8 heteroatoms. The molecule has 116 valence electrons. The van der Waals surface area contributed by atoms with E-state index in [4.69, 9.17) is 0 Å². The molecule has 1 aromatic rings. The number of hydrogen-bond acceptors (Lipinski definition) is 6. The molecular weight excluding hydrogens is 292 g/mol. The number of anilines is 1. The van der Waals surface area contributed by atoms with Crippen LogP contribution in [0.4, 0.5) is 5.95 Å². The number of aromatic nitrogens is 2. The van der Waals surface area contributed by atoms with E-state index >= 15 is 0 Å². The molecule has 2 atom stereocenters. The number of rotatable bonds is 4. The SMILES string of the molecule is CCNc1ncc(S(=O)(=O)N2C3CCC2CC(O)C3)cn1. The summed E-state index contributed by atoms with van der Waals surface area (Å²) in [7, 11) is -3.58. The lowest BCUT2D eigenvalue weighted by atomic mass is 10.0. The fraction of sp³-hybridized carbons (Fsp3) is 0.692. The first-order valence-electron chi connectivity index (χ1n) is 7.30. The molecule has 0 spiro atoms. The van der Waals surface area contributed by atoms with Crippen LogP contribution in [0.2, 0.25) is 0 Å². The van der Waals surface area contributed by atoms with Gasteiger partial charge in [0.2, 0.25) is 16.0 Å². The van der Waals surface area contributed by atoms with Gasteiger partial charge in [0.05, 0.1) is 18.5 Å². The lowest BCUT2D eigenvalue weighted by molar-refractivity contribution is 0.0768. The third-order valence-corrected chi connectivity index (χ3v) is 6.14. The van der Waals surface area contributed by atoms with Crippen LogP contribution in [0, 0.1) is 0 Å². The van der Waals surface area contributed by atoms with Crippen molar-refractivity contribution in [1.82, 2.24) is 14.3 Å². The molecule has 2 saturated heterocycles. The Kier molecular flexibility index (Phi) is 3.85. The van der Waals surface area contributed by atoms with Crippen molar-refractivity contribution in [3.05, 3.63) is 12.4 Å². The number of aliphatic hydroxyl groups is 1. The van der Waals surface area contributed by atoms with Gasteiger partial charge in [0.1, 0.15) is 4.90 Å². The molecule has 2 unspecified atom stereocenters. The first kappa shape index (κ1) is 14.7. The van der Waals surface area contributed by atoms with Gasteiger partial charge in [-0.1, -0.05) is 0 Å². The molecule has 7 nitrogen and oxygen atoms in total. The number of hydrogen-bond donors (Lipinski definition) is 2. The average Bonchev–Trinajstić information content (AvgIpc) is 2.73. The van der Waals surface area contributed by atoms with Crippen LogP contribution in [0.15, 0.2) is 17.3 Å². The van der Waals surface area contributed by atoms with Crippen LogP contribution in [-0.4, -0.2) is 52.5 Å². The zero-order valence-electron chi connectivity index (χ0n) is 11.9. The quantitative estimate of drug-likeness (QED) is 0.844. The topological polar surface area (TPSA) is 95.4 Å². The van der Waals surface area contributed by atoms with E-state index < -0.39 is 10.0 Å². The molecule has 21 heavy (non-hydrogen) atoms. The van der Waals surface area contributed by atoms with Crippen molar-refractivity contribution in [1.29, 1.82) is 0 Å².